The Morgan fingerprint density at radius 3 is 2.69 bits per heavy atom. The van der Waals surface area contributed by atoms with Gasteiger partial charge >= 0.3 is 5.97 Å². The quantitative estimate of drug-likeness (QED) is 0.562. The maximum absolute atomic E-state index is 12.4. The molecule has 3 amide bonds. The van der Waals surface area contributed by atoms with Gasteiger partial charge in [-0.15, -0.1) is 11.3 Å². The second-order valence-corrected chi connectivity index (χ2v) is 7.71. The van der Waals surface area contributed by atoms with Crippen molar-refractivity contribution in [2.75, 3.05) is 13.7 Å². The molecule has 2 unspecified atom stereocenters. The number of ether oxygens (including phenoxy) is 1. The summed E-state index contributed by atoms with van der Waals surface area (Å²) in [5.74, 6) is -1.79. The molecule has 0 saturated carbocycles. The van der Waals surface area contributed by atoms with Crippen molar-refractivity contribution in [3.63, 3.8) is 0 Å². The van der Waals surface area contributed by atoms with Gasteiger partial charge in [-0.1, -0.05) is 26.3 Å². The molecule has 0 spiro atoms. The lowest BCUT2D eigenvalue weighted by Gasteiger charge is -2.22. The highest BCUT2D eigenvalue weighted by atomic mass is 32.2. The number of nitrogens with zero attached hydrogens (tertiary/aromatic N) is 1. The summed E-state index contributed by atoms with van der Waals surface area (Å²) in [4.78, 5) is 50.6. The van der Waals surface area contributed by atoms with Gasteiger partial charge in [-0.2, -0.15) is 0 Å². The number of thiophene rings is 1. The van der Waals surface area contributed by atoms with Gasteiger partial charge < -0.3 is 10.1 Å². The van der Waals surface area contributed by atoms with Gasteiger partial charge in [0.05, 0.1) is 12.0 Å². The van der Waals surface area contributed by atoms with Crippen molar-refractivity contribution in [1.29, 1.82) is 0 Å². The molecule has 2 heterocycles. The maximum Gasteiger partial charge on any atom is 0.328 e. The second-order valence-electron chi connectivity index (χ2n) is 5.74. The summed E-state index contributed by atoms with van der Waals surface area (Å²) in [6.07, 6.45) is 2.29. The zero-order chi connectivity index (χ0) is 19.3. The van der Waals surface area contributed by atoms with Crippen LogP contribution in [0, 0.1) is 5.92 Å². The van der Waals surface area contributed by atoms with Crippen LogP contribution in [-0.2, 0) is 19.1 Å². The largest absolute Gasteiger partial charge is 0.467 e. The Bertz CT molecular complexity index is 730. The minimum Gasteiger partial charge on any atom is -0.467 e. The van der Waals surface area contributed by atoms with Gasteiger partial charge in [0.2, 0.25) is 5.91 Å². The van der Waals surface area contributed by atoms with Crippen LogP contribution >= 0.6 is 23.1 Å². The number of methoxy groups -OCH3 is 1. The van der Waals surface area contributed by atoms with E-state index in [0.29, 0.717) is 6.42 Å². The molecule has 1 aliphatic heterocycles. The first-order valence-electron chi connectivity index (χ1n) is 8.03. The number of thioether (sulfide) groups is 1. The third-order valence-electron chi connectivity index (χ3n) is 3.98. The van der Waals surface area contributed by atoms with E-state index in [1.807, 2.05) is 31.4 Å². The van der Waals surface area contributed by atoms with Crippen molar-refractivity contribution in [3.05, 3.63) is 27.3 Å². The zero-order valence-electron chi connectivity index (χ0n) is 14.7. The molecule has 1 fully saturated rings. The summed E-state index contributed by atoms with van der Waals surface area (Å²) in [5.41, 5.74) is 0. The average molecular weight is 396 g/mol. The summed E-state index contributed by atoms with van der Waals surface area (Å²) in [6.45, 7) is 3.26. The molecule has 140 valence electrons. The van der Waals surface area contributed by atoms with Crippen molar-refractivity contribution in [1.82, 2.24) is 10.2 Å². The number of amides is 3. The van der Waals surface area contributed by atoms with Gasteiger partial charge in [-0.05, 0) is 35.2 Å². The molecular formula is C17H20N2O5S2. The number of nitrogens with one attached hydrogen (secondary N) is 1. The highest BCUT2D eigenvalue weighted by Gasteiger charge is 2.37. The number of hydrogen-bond acceptors (Lipinski definition) is 7. The number of esters is 1. The van der Waals surface area contributed by atoms with E-state index in [1.165, 1.54) is 18.4 Å². The van der Waals surface area contributed by atoms with Crippen molar-refractivity contribution in [3.8, 4) is 0 Å². The van der Waals surface area contributed by atoms with Gasteiger partial charge in [-0.3, -0.25) is 19.3 Å². The number of carbonyl (C=O) groups is 4. The standard InChI is InChI=1S/C17H20N2O5S2/c1-4-10(2)14(16(22)24-3)18-13(20)9-19-15(21)12(26-17(19)23)8-11-6-5-7-25-11/h5-8,10,14H,4,9H2,1-3H3,(H,18,20)/b12-8-. The van der Waals surface area contributed by atoms with E-state index in [4.69, 9.17) is 4.74 Å². The highest BCUT2D eigenvalue weighted by molar-refractivity contribution is 8.18. The molecule has 0 aromatic carbocycles. The van der Waals surface area contributed by atoms with Gasteiger partial charge in [0, 0.05) is 4.88 Å². The molecule has 2 atom stereocenters. The Kier molecular flexibility index (Phi) is 6.98. The summed E-state index contributed by atoms with van der Waals surface area (Å²) in [7, 11) is 1.25. The summed E-state index contributed by atoms with van der Waals surface area (Å²) in [5, 5.41) is 3.92. The molecule has 2 rings (SSSR count). The fourth-order valence-electron chi connectivity index (χ4n) is 2.30. The predicted molar refractivity (Wildman–Crippen MR) is 100 cm³/mol. The van der Waals surface area contributed by atoms with Crippen molar-refractivity contribution >= 4 is 52.2 Å². The van der Waals surface area contributed by atoms with E-state index < -0.39 is 35.6 Å². The van der Waals surface area contributed by atoms with Crippen molar-refractivity contribution in [2.45, 2.75) is 26.3 Å². The lowest BCUT2D eigenvalue weighted by molar-refractivity contribution is -0.146. The first-order chi connectivity index (χ1) is 12.4. The lowest BCUT2D eigenvalue weighted by atomic mass is 9.99. The second kappa shape index (κ2) is 9.00. The van der Waals surface area contributed by atoms with Crippen LogP contribution in [-0.4, -0.2) is 47.6 Å². The first-order valence-corrected chi connectivity index (χ1v) is 9.73. The highest BCUT2D eigenvalue weighted by Crippen LogP contribution is 2.32. The van der Waals surface area contributed by atoms with Crippen molar-refractivity contribution in [2.24, 2.45) is 5.92 Å². The van der Waals surface area contributed by atoms with Crippen LogP contribution in [0.1, 0.15) is 25.1 Å². The molecule has 0 aliphatic carbocycles. The molecule has 1 aliphatic rings. The van der Waals surface area contributed by atoms with Crippen LogP contribution in [0.3, 0.4) is 0 Å². The van der Waals surface area contributed by atoms with Gasteiger partial charge in [-0.25, -0.2) is 4.79 Å². The monoisotopic (exact) mass is 396 g/mol. The van der Waals surface area contributed by atoms with E-state index in [1.54, 1.807) is 6.08 Å². The molecule has 9 heteroatoms. The molecule has 1 saturated heterocycles. The fourth-order valence-corrected chi connectivity index (χ4v) is 3.86. The van der Waals surface area contributed by atoms with E-state index in [2.05, 4.69) is 5.32 Å². The van der Waals surface area contributed by atoms with Gasteiger partial charge in [0.15, 0.2) is 0 Å². The Hall–Kier alpha value is -2.13. The Labute approximate surface area is 159 Å². The topological polar surface area (TPSA) is 92.8 Å². The molecule has 1 N–H and O–H groups in total. The number of imide groups is 1. The zero-order valence-corrected chi connectivity index (χ0v) is 16.3. The molecule has 7 nitrogen and oxygen atoms in total. The first kappa shape index (κ1) is 20.2. The van der Waals surface area contributed by atoms with Crippen LogP contribution < -0.4 is 5.32 Å². The molecule has 1 aromatic heterocycles. The van der Waals surface area contributed by atoms with Crippen molar-refractivity contribution < 1.29 is 23.9 Å². The summed E-state index contributed by atoms with van der Waals surface area (Å²) >= 11 is 2.24. The molecule has 0 bridgehead atoms. The van der Waals surface area contributed by atoms with Crippen LogP contribution in [0.5, 0.6) is 0 Å². The minimum atomic E-state index is -0.820. The third-order valence-corrected chi connectivity index (χ3v) is 5.70. The fraction of sp³-hybridized carbons (Fsp3) is 0.412. The van der Waals surface area contributed by atoms with E-state index >= 15 is 0 Å². The van der Waals surface area contributed by atoms with Crippen LogP contribution in [0.2, 0.25) is 0 Å². The van der Waals surface area contributed by atoms with Gasteiger partial charge in [0.25, 0.3) is 11.1 Å². The molecule has 26 heavy (non-hydrogen) atoms. The number of rotatable bonds is 7. The average Bonchev–Trinajstić information content (AvgIpc) is 3.22. The number of carbonyl (C=O) groups excluding carboxylic acids is 4. The minimum absolute atomic E-state index is 0.139. The Balaban J connectivity index is 2.05. The van der Waals surface area contributed by atoms with Crippen LogP contribution in [0.4, 0.5) is 4.79 Å². The van der Waals surface area contributed by atoms with Gasteiger partial charge in [0.1, 0.15) is 12.6 Å². The normalized spacial score (nSPS) is 18.1. The summed E-state index contributed by atoms with van der Waals surface area (Å²) in [6, 6.07) is 2.85. The van der Waals surface area contributed by atoms with Crippen LogP contribution in [0.25, 0.3) is 6.08 Å². The maximum atomic E-state index is 12.4. The van der Waals surface area contributed by atoms with Crippen LogP contribution in [0.15, 0.2) is 22.4 Å². The molecule has 1 aromatic rings. The van der Waals surface area contributed by atoms with E-state index in [-0.39, 0.29) is 10.8 Å². The molecular weight excluding hydrogens is 376 g/mol. The van der Waals surface area contributed by atoms with E-state index in [0.717, 1.165) is 21.5 Å². The Morgan fingerprint density at radius 1 is 1.38 bits per heavy atom. The summed E-state index contributed by atoms with van der Waals surface area (Å²) < 4.78 is 4.71. The number of hydrogen-bond donors (Lipinski definition) is 1. The third kappa shape index (κ3) is 4.73. The molecule has 0 radical (unpaired) electrons. The SMILES string of the molecule is CCC(C)C(NC(=O)CN1C(=O)S/C(=C\c2cccs2)C1=O)C(=O)OC. The Morgan fingerprint density at radius 2 is 2.12 bits per heavy atom. The predicted octanol–water partition coefficient (Wildman–Crippen LogP) is 2.49. The van der Waals surface area contributed by atoms with E-state index in [9.17, 15) is 19.2 Å². The smallest absolute Gasteiger partial charge is 0.328 e. The lowest BCUT2D eigenvalue weighted by Crippen LogP contribution is -2.49.